The molecule has 0 radical (unpaired) electrons. The van der Waals surface area contributed by atoms with Crippen molar-refractivity contribution < 1.29 is 4.74 Å². The van der Waals surface area contributed by atoms with Gasteiger partial charge in [-0.2, -0.15) is 0 Å². The van der Waals surface area contributed by atoms with E-state index in [0.717, 1.165) is 11.3 Å². The highest BCUT2D eigenvalue weighted by Crippen LogP contribution is 2.32. The van der Waals surface area contributed by atoms with E-state index in [2.05, 4.69) is 10.2 Å². The lowest BCUT2D eigenvalue weighted by atomic mass is 10.3. The van der Waals surface area contributed by atoms with Crippen molar-refractivity contribution in [3.63, 3.8) is 0 Å². The minimum atomic E-state index is -0.203. The first kappa shape index (κ1) is 15.5. The summed E-state index contributed by atoms with van der Waals surface area (Å²) in [5.74, 6) is 0.663. The Morgan fingerprint density at radius 2 is 2.24 bits per heavy atom. The molecule has 114 valence electrons. The van der Waals surface area contributed by atoms with Crippen molar-refractivity contribution in [1.82, 2.24) is 14.8 Å². The fraction of sp³-hybridized carbons (Fsp3) is 0.429. The number of hydrogen-bond acceptors (Lipinski definition) is 5. The summed E-state index contributed by atoms with van der Waals surface area (Å²) in [5.41, 5.74) is 6.30. The molecule has 3 N–H and O–H groups in total. The Bertz CT molecular complexity index is 663. The van der Waals surface area contributed by atoms with Crippen LogP contribution in [0, 0.1) is 0 Å². The zero-order chi connectivity index (χ0) is 15.4. The molecule has 7 heteroatoms. The van der Waals surface area contributed by atoms with Gasteiger partial charge in [-0.15, -0.1) is 5.10 Å². The van der Waals surface area contributed by atoms with Crippen LogP contribution in [-0.4, -0.2) is 21.4 Å². The van der Waals surface area contributed by atoms with E-state index in [0.29, 0.717) is 23.2 Å². The summed E-state index contributed by atoms with van der Waals surface area (Å²) >= 11 is 1.40. The van der Waals surface area contributed by atoms with Gasteiger partial charge in [-0.3, -0.25) is 4.57 Å². The highest BCUT2D eigenvalue weighted by molar-refractivity contribution is 7.99. The molecule has 0 amide bonds. The number of rotatable bonds is 6. The molecular formula is C14H20N4O2S. The number of hydrogen-bond donors (Lipinski definition) is 2. The Morgan fingerprint density at radius 1 is 1.48 bits per heavy atom. The number of nitrogens with zero attached hydrogens (tertiary/aromatic N) is 2. The Hall–Kier alpha value is -1.89. The van der Waals surface area contributed by atoms with Crippen LogP contribution in [0.5, 0.6) is 5.75 Å². The van der Waals surface area contributed by atoms with Gasteiger partial charge in [0.2, 0.25) is 0 Å². The van der Waals surface area contributed by atoms with Crippen molar-refractivity contribution in [2.45, 2.75) is 43.3 Å². The summed E-state index contributed by atoms with van der Waals surface area (Å²) in [4.78, 5) is 12.6. The maximum absolute atomic E-state index is 11.7. The fourth-order valence-electron chi connectivity index (χ4n) is 1.84. The van der Waals surface area contributed by atoms with Gasteiger partial charge in [0, 0.05) is 10.9 Å². The predicted molar refractivity (Wildman–Crippen MR) is 84.0 cm³/mol. The van der Waals surface area contributed by atoms with Crippen LogP contribution in [0.25, 0.3) is 0 Å². The van der Waals surface area contributed by atoms with Crippen LogP contribution in [0.1, 0.15) is 33.2 Å². The molecule has 1 heterocycles. The van der Waals surface area contributed by atoms with Gasteiger partial charge in [-0.25, -0.2) is 9.89 Å². The molecule has 0 aliphatic heterocycles. The van der Waals surface area contributed by atoms with Crippen LogP contribution in [-0.2, 0) is 0 Å². The van der Waals surface area contributed by atoms with E-state index in [-0.39, 0.29) is 11.7 Å². The van der Waals surface area contributed by atoms with Crippen LogP contribution in [0.15, 0.2) is 33.0 Å². The molecule has 2 rings (SSSR count). The first-order chi connectivity index (χ1) is 10.0. The van der Waals surface area contributed by atoms with E-state index in [1.807, 2.05) is 32.9 Å². The molecule has 21 heavy (non-hydrogen) atoms. The minimum Gasteiger partial charge on any atom is -0.491 e. The third-order valence-electron chi connectivity index (χ3n) is 2.84. The Kier molecular flexibility index (Phi) is 4.95. The van der Waals surface area contributed by atoms with E-state index in [9.17, 15) is 4.79 Å². The second-order valence-electron chi connectivity index (χ2n) is 4.93. The molecule has 0 aliphatic carbocycles. The molecular weight excluding hydrogens is 288 g/mol. The average molecular weight is 308 g/mol. The number of benzene rings is 1. The monoisotopic (exact) mass is 308 g/mol. The van der Waals surface area contributed by atoms with E-state index in [4.69, 9.17) is 10.5 Å². The molecule has 1 aromatic heterocycles. The number of aromatic nitrogens is 3. The predicted octanol–water partition coefficient (Wildman–Crippen LogP) is 2.67. The lowest BCUT2D eigenvalue weighted by molar-refractivity contribution is 0.318. The summed E-state index contributed by atoms with van der Waals surface area (Å²) in [5, 5.41) is 7.17. The lowest BCUT2D eigenvalue weighted by Gasteiger charge is -2.11. The number of nitrogens with two attached hydrogens (primary N) is 1. The van der Waals surface area contributed by atoms with Crippen molar-refractivity contribution in [3.05, 3.63) is 28.7 Å². The van der Waals surface area contributed by atoms with Gasteiger partial charge < -0.3 is 10.5 Å². The molecule has 1 aromatic carbocycles. The van der Waals surface area contributed by atoms with Crippen LogP contribution in [0.2, 0.25) is 0 Å². The maximum atomic E-state index is 11.7. The van der Waals surface area contributed by atoms with Gasteiger partial charge >= 0.3 is 5.69 Å². The van der Waals surface area contributed by atoms with Crippen molar-refractivity contribution in [3.8, 4) is 5.75 Å². The second kappa shape index (κ2) is 6.71. The fourth-order valence-corrected chi connectivity index (χ4v) is 2.83. The molecule has 6 nitrogen and oxygen atoms in total. The molecule has 0 spiro atoms. The molecule has 0 fully saturated rings. The molecule has 0 atom stereocenters. The summed E-state index contributed by atoms with van der Waals surface area (Å²) < 4.78 is 7.23. The first-order valence-corrected chi connectivity index (χ1v) is 7.71. The number of nitrogen functional groups attached to an aromatic ring is 1. The second-order valence-corrected chi connectivity index (χ2v) is 5.97. The quantitative estimate of drug-likeness (QED) is 0.801. The summed E-state index contributed by atoms with van der Waals surface area (Å²) in [7, 11) is 0. The topological polar surface area (TPSA) is 85.9 Å². The van der Waals surface area contributed by atoms with Crippen LogP contribution in [0.3, 0.4) is 0 Å². The van der Waals surface area contributed by atoms with E-state index in [1.165, 1.54) is 11.8 Å². The lowest BCUT2D eigenvalue weighted by Crippen LogP contribution is -2.19. The number of anilines is 1. The van der Waals surface area contributed by atoms with Crippen LogP contribution in [0.4, 0.5) is 5.69 Å². The van der Waals surface area contributed by atoms with E-state index < -0.39 is 0 Å². The molecule has 0 saturated heterocycles. The minimum absolute atomic E-state index is 0.0448. The van der Waals surface area contributed by atoms with Crippen molar-refractivity contribution in [1.29, 1.82) is 0 Å². The Morgan fingerprint density at radius 3 is 2.90 bits per heavy atom. The normalized spacial score (nSPS) is 11.0. The van der Waals surface area contributed by atoms with E-state index >= 15 is 0 Å². The Balaban J connectivity index is 2.26. The van der Waals surface area contributed by atoms with Gasteiger partial charge in [0.05, 0.1) is 12.3 Å². The molecule has 2 aromatic rings. The van der Waals surface area contributed by atoms with Gasteiger partial charge in [0.25, 0.3) is 0 Å². The summed E-state index contributed by atoms with van der Waals surface area (Å²) in [6, 6.07) is 5.61. The SMILES string of the molecule is CCCOc1cc(Sc2n[nH]c(=O)n2C(C)C)ccc1N. The van der Waals surface area contributed by atoms with Crippen molar-refractivity contribution in [2.75, 3.05) is 12.3 Å². The van der Waals surface area contributed by atoms with Gasteiger partial charge in [-0.05, 0) is 50.2 Å². The highest BCUT2D eigenvalue weighted by atomic mass is 32.2. The molecule has 0 saturated carbocycles. The van der Waals surface area contributed by atoms with Crippen LogP contribution < -0.4 is 16.2 Å². The number of nitrogens with one attached hydrogen (secondary N) is 1. The average Bonchev–Trinajstić information content (AvgIpc) is 2.80. The summed E-state index contributed by atoms with van der Waals surface area (Å²) in [6.07, 6.45) is 0.920. The van der Waals surface area contributed by atoms with Crippen molar-refractivity contribution >= 4 is 17.4 Å². The van der Waals surface area contributed by atoms with Gasteiger partial charge in [-0.1, -0.05) is 6.92 Å². The smallest absolute Gasteiger partial charge is 0.344 e. The van der Waals surface area contributed by atoms with Crippen LogP contribution >= 0.6 is 11.8 Å². The Labute approximate surface area is 127 Å². The standard InChI is InChI=1S/C14H20N4O2S/c1-4-7-20-12-8-10(5-6-11(12)15)21-14-17-16-13(19)18(14)9(2)3/h5-6,8-9H,4,7,15H2,1-3H3,(H,16,19). The highest BCUT2D eigenvalue weighted by Gasteiger charge is 2.13. The third kappa shape index (κ3) is 3.60. The summed E-state index contributed by atoms with van der Waals surface area (Å²) in [6.45, 7) is 6.55. The van der Waals surface area contributed by atoms with Gasteiger partial charge in [0.15, 0.2) is 5.16 Å². The number of aromatic amines is 1. The molecule has 0 bridgehead atoms. The van der Waals surface area contributed by atoms with Crippen molar-refractivity contribution in [2.24, 2.45) is 0 Å². The van der Waals surface area contributed by atoms with Gasteiger partial charge in [0.1, 0.15) is 5.75 Å². The van der Waals surface area contributed by atoms with E-state index in [1.54, 1.807) is 10.6 Å². The first-order valence-electron chi connectivity index (χ1n) is 6.90. The zero-order valence-corrected chi connectivity index (χ0v) is 13.2. The zero-order valence-electron chi connectivity index (χ0n) is 12.4. The largest absolute Gasteiger partial charge is 0.491 e. The number of H-pyrrole nitrogens is 1. The molecule has 0 aliphatic rings. The third-order valence-corrected chi connectivity index (χ3v) is 3.80. The molecule has 0 unspecified atom stereocenters. The maximum Gasteiger partial charge on any atom is 0.344 e. The number of ether oxygens (including phenoxy) is 1.